The van der Waals surface area contributed by atoms with Gasteiger partial charge in [0.25, 0.3) is 0 Å². The Labute approximate surface area is 60.3 Å². The zero-order chi connectivity index (χ0) is 7.56. The summed E-state index contributed by atoms with van der Waals surface area (Å²) in [7, 11) is 1.39. The van der Waals surface area contributed by atoms with Gasteiger partial charge >= 0.3 is 5.97 Å². The third-order valence-corrected chi connectivity index (χ3v) is 1.82. The number of carbonyl (C=O) groups excluding carboxylic acids is 1. The minimum Gasteiger partial charge on any atom is -0.467 e. The van der Waals surface area contributed by atoms with E-state index in [1.54, 1.807) is 0 Å². The van der Waals surface area contributed by atoms with Gasteiger partial charge in [-0.15, -0.1) is 0 Å². The highest BCUT2D eigenvalue weighted by Gasteiger charge is 2.31. The van der Waals surface area contributed by atoms with Crippen LogP contribution < -0.4 is 0 Å². The molecule has 0 aromatic heterocycles. The molecule has 1 heterocycles. The quantitative estimate of drug-likeness (QED) is 0.505. The van der Waals surface area contributed by atoms with Gasteiger partial charge in [0.05, 0.1) is 7.11 Å². The molecule has 0 spiro atoms. The van der Waals surface area contributed by atoms with Crippen LogP contribution in [0.25, 0.3) is 0 Å². The Kier molecular flexibility index (Phi) is 2.27. The summed E-state index contributed by atoms with van der Waals surface area (Å²) < 4.78 is 9.68. The molecule has 1 fully saturated rings. The van der Waals surface area contributed by atoms with Crippen LogP contribution in [0.2, 0.25) is 0 Å². The van der Waals surface area contributed by atoms with Crippen LogP contribution >= 0.6 is 0 Å². The summed E-state index contributed by atoms with van der Waals surface area (Å²) in [5, 5.41) is 0. The predicted molar refractivity (Wildman–Crippen MR) is 35.5 cm³/mol. The molecule has 0 aromatic rings. The Morgan fingerprint density at radius 3 is 2.80 bits per heavy atom. The van der Waals surface area contributed by atoms with E-state index < -0.39 is 0 Å². The zero-order valence-corrected chi connectivity index (χ0v) is 6.29. The Morgan fingerprint density at radius 1 is 1.70 bits per heavy atom. The van der Waals surface area contributed by atoms with Gasteiger partial charge in [-0.2, -0.15) is 0 Å². The molecule has 58 valence electrons. The Hall–Kier alpha value is -0.570. The summed E-state index contributed by atoms with van der Waals surface area (Å²) in [6.07, 6.45) is 0.643. The van der Waals surface area contributed by atoms with Crippen LogP contribution in [0.15, 0.2) is 0 Å². The van der Waals surface area contributed by atoms with Gasteiger partial charge in [-0.25, -0.2) is 4.79 Å². The lowest BCUT2D eigenvalue weighted by Crippen LogP contribution is -2.26. The van der Waals surface area contributed by atoms with E-state index in [4.69, 9.17) is 4.74 Å². The molecule has 3 heteroatoms. The molecule has 0 amide bonds. The van der Waals surface area contributed by atoms with E-state index in [0.29, 0.717) is 12.5 Å². The van der Waals surface area contributed by atoms with Crippen molar-refractivity contribution in [3.8, 4) is 0 Å². The van der Waals surface area contributed by atoms with Crippen molar-refractivity contribution in [2.45, 2.75) is 19.4 Å². The first-order valence-corrected chi connectivity index (χ1v) is 3.45. The summed E-state index contributed by atoms with van der Waals surface area (Å²) >= 11 is 0. The highest BCUT2D eigenvalue weighted by atomic mass is 16.6. The van der Waals surface area contributed by atoms with Gasteiger partial charge in [0.15, 0.2) is 6.10 Å². The molecule has 0 N–H and O–H groups in total. The molecule has 0 radical (unpaired) electrons. The van der Waals surface area contributed by atoms with Crippen LogP contribution in [0.4, 0.5) is 0 Å². The molecule has 10 heavy (non-hydrogen) atoms. The third kappa shape index (κ3) is 1.29. The van der Waals surface area contributed by atoms with Crippen molar-refractivity contribution in [3.05, 3.63) is 0 Å². The minimum absolute atomic E-state index is 0.245. The number of methoxy groups -OCH3 is 1. The van der Waals surface area contributed by atoms with Gasteiger partial charge in [0, 0.05) is 6.61 Å². The fourth-order valence-corrected chi connectivity index (χ4v) is 1.11. The zero-order valence-electron chi connectivity index (χ0n) is 6.29. The van der Waals surface area contributed by atoms with Crippen molar-refractivity contribution in [2.75, 3.05) is 13.7 Å². The molecule has 0 bridgehead atoms. The first-order valence-electron chi connectivity index (χ1n) is 3.45. The molecule has 1 saturated heterocycles. The first-order chi connectivity index (χ1) is 4.75. The molecule has 1 aliphatic heterocycles. The Balaban J connectivity index is 2.46. The van der Waals surface area contributed by atoms with E-state index in [9.17, 15) is 4.79 Å². The highest BCUT2D eigenvalue weighted by Crippen LogP contribution is 2.20. The van der Waals surface area contributed by atoms with Gasteiger partial charge in [-0.05, 0) is 12.3 Å². The van der Waals surface area contributed by atoms with Gasteiger partial charge in [0.2, 0.25) is 0 Å². The Bertz CT molecular complexity index is 133. The summed E-state index contributed by atoms with van der Waals surface area (Å²) in [4.78, 5) is 10.9. The van der Waals surface area contributed by atoms with E-state index in [0.717, 1.165) is 6.42 Å². The average molecular weight is 144 g/mol. The largest absolute Gasteiger partial charge is 0.467 e. The van der Waals surface area contributed by atoms with Crippen molar-refractivity contribution >= 4 is 5.97 Å². The topological polar surface area (TPSA) is 35.5 Å². The van der Waals surface area contributed by atoms with Crippen LogP contribution in [0, 0.1) is 5.92 Å². The number of hydrogen-bond donors (Lipinski definition) is 0. The summed E-state index contributed by atoms with van der Waals surface area (Å²) in [5.41, 5.74) is 0. The second kappa shape index (κ2) is 3.01. The SMILES string of the molecule is COC(=O)C1OCCC1C. The summed E-state index contributed by atoms with van der Waals surface area (Å²) in [5.74, 6) is 0.0671. The van der Waals surface area contributed by atoms with Crippen molar-refractivity contribution in [2.24, 2.45) is 5.92 Å². The normalized spacial score (nSPS) is 32.2. The lowest BCUT2D eigenvalue weighted by atomic mass is 10.1. The van der Waals surface area contributed by atoms with Crippen LogP contribution in [0.5, 0.6) is 0 Å². The maximum atomic E-state index is 10.9. The van der Waals surface area contributed by atoms with Crippen LogP contribution in [0.3, 0.4) is 0 Å². The number of ether oxygens (including phenoxy) is 2. The monoisotopic (exact) mass is 144 g/mol. The maximum Gasteiger partial charge on any atom is 0.335 e. The number of rotatable bonds is 1. The molecule has 2 unspecified atom stereocenters. The van der Waals surface area contributed by atoms with Crippen molar-refractivity contribution in [1.29, 1.82) is 0 Å². The van der Waals surface area contributed by atoms with Crippen LogP contribution in [-0.2, 0) is 14.3 Å². The van der Waals surface area contributed by atoms with Gasteiger partial charge in [0.1, 0.15) is 0 Å². The van der Waals surface area contributed by atoms with Crippen molar-refractivity contribution < 1.29 is 14.3 Å². The first kappa shape index (κ1) is 7.54. The second-order valence-corrected chi connectivity index (χ2v) is 2.58. The summed E-state index contributed by atoms with van der Waals surface area (Å²) in [6, 6.07) is 0. The van der Waals surface area contributed by atoms with E-state index in [-0.39, 0.29) is 12.1 Å². The fourth-order valence-electron chi connectivity index (χ4n) is 1.11. The maximum absolute atomic E-state index is 10.9. The lowest BCUT2D eigenvalue weighted by molar-refractivity contribution is -0.152. The lowest BCUT2D eigenvalue weighted by Gasteiger charge is -2.10. The molecule has 1 rings (SSSR count). The summed E-state index contributed by atoms with van der Waals surface area (Å²) in [6.45, 7) is 2.68. The molecule has 0 aliphatic carbocycles. The van der Waals surface area contributed by atoms with Crippen LogP contribution in [-0.4, -0.2) is 25.8 Å². The highest BCUT2D eigenvalue weighted by molar-refractivity contribution is 5.75. The molecular formula is C7H12O3. The molecular weight excluding hydrogens is 132 g/mol. The smallest absolute Gasteiger partial charge is 0.335 e. The van der Waals surface area contributed by atoms with Gasteiger partial charge < -0.3 is 9.47 Å². The van der Waals surface area contributed by atoms with Gasteiger partial charge in [-0.1, -0.05) is 6.92 Å². The number of hydrogen-bond acceptors (Lipinski definition) is 3. The van der Waals surface area contributed by atoms with E-state index in [1.807, 2.05) is 6.92 Å². The second-order valence-electron chi connectivity index (χ2n) is 2.58. The molecule has 0 saturated carbocycles. The van der Waals surface area contributed by atoms with E-state index in [2.05, 4.69) is 4.74 Å². The average Bonchev–Trinajstić information content (AvgIpc) is 2.34. The van der Waals surface area contributed by atoms with Crippen molar-refractivity contribution in [3.63, 3.8) is 0 Å². The van der Waals surface area contributed by atoms with Crippen molar-refractivity contribution in [1.82, 2.24) is 0 Å². The van der Waals surface area contributed by atoms with E-state index >= 15 is 0 Å². The Morgan fingerprint density at radius 2 is 2.40 bits per heavy atom. The molecule has 0 aromatic carbocycles. The molecule has 2 atom stereocenters. The standard InChI is InChI=1S/C7H12O3/c1-5-3-4-10-6(5)7(8)9-2/h5-6H,3-4H2,1-2H3. The van der Waals surface area contributed by atoms with E-state index in [1.165, 1.54) is 7.11 Å². The molecule has 3 nitrogen and oxygen atoms in total. The van der Waals surface area contributed by atoms with Crippen LogP contribution in [0.1, 0.15) is 13.3 Å². The molecule has 1 aliphatic rings. The predicted octanol–water partition coefficient (Wildman–Crippen LogP) is 0.584. The third-order valence-electron chi connectivity index (χ3n) is 1.82. The van der Waals surface area contributed by atoms with Gasteiger partial charge in [-0.3, -0.25) is 0 Å². The number of esters is 1. The number of carbonyl (C=O) groups is 1. The fraction of sp³-hybridized carbons (Fsp3) is 0.857. The minimum atomic E-state index is -0.315.